The van der Waals surface area contributed by atoms with Gasteiger partial charge in [0, 0.05) is 23.7 Å². The highest BCUT2D eigenvalue weighted by molar-refractivity contribution is 6.07. The number of hydrogen-bond acceptors (Lipinski definition) is 3. The van der Waals surface area contributed by atoms with Gasteiger partial charge in [0.15, 0.2) is 0 Å². The number of pyridine rings is 1. The molecular weight excluding hydrogens is 348 g/mol. The van der Waals surface area contributed by atoms with Gasteiger partial charge >= 0.3 is 0 Å². The van der Waals surface area contributed by atoms with Crippen LogP contribution in [0.2, 0.25) is 0 Å². The van der Waals surface area contributed by atoms with Crippen molar-refractivity contribution in [1.82, 2.24) is 9.88 Å². The maximum atomic E-state index is 12.2. The Hall–Kier alpha value is -3.11. The molecule has 0 aliphatic heterocycles. The molecule has 28 heavy (non-hydrogen) atoms. The molecule has 4 rings (SSSR count). The highest BCUT2D eigenvalue weighted by Gasteiger charge is 2.14. The number of aromatic nitrogens is 1. The first kappa shape index (κ1) is 18.3. The maximum absolute atomic E-state index is 12.2. The molecule has 4 heteroatoms. The molecule has 0 spiro atoms. The van der Waals surface area contributed by atoms with Gasteiger partial charge in [0.2, 0.25) is 0 Å². The minimum atomic E-state index is -0.197. The zero-order valence-corrected chi connectivity index (χ0v) is 16.2. The summed E-state index contributed by atoms with van der Waals surface area (Å²) in [6.07, 6.45) is 2.82. The Labute approximate surface area is 164 Å². The van der Waals surface area contributed by atoms with Gasteiger partial charge in [0.25, 0.3) is 5.56 Å². The van der Waals surface area contributed by atoms with Gasteiger partial charge in [-0.15, -0.1) is 0 Å². The second-order valence-electron chi connectivity index (χ2n) is 7.29. The van der Waals surface area contributed by atoms with Crippen LogP contribution in [0.15, 0.2) is 65.6 Å². The fourth-order valence-corrected chi connectivity index (χ4v) is 4.00. The molecule has 2 N–H and O–H groups in total. The van der Waals surface area contributed by atoms with Gasteiger partial charge in [-0.2, -0.15) is 0 Å². The number of nitrogens with one attached hydrogen (secondary N) is 1. The summed E-state index contributed by atoms with van der Waals surface area (Å²) in [6, 6.07) is 17.6. The normalized spacial score (nSPS) is 11.5. The molecular formula is C24H24N2O2. The van der Waals surface area contributed by atoms with Gasteiger partial charge in [-0.3, -0.25) is 4.79 Å². The van der Waals surface area contributed by atoms with Crippen molar-refractivity contribution >= 4 is 21.5 Å². The Morgan fingerprint density at radius 3 is 2.46 bits per heavy atom. The maximum Gasteiger partial charge on any atom is 0.255 e. The SMILES string of the molecule is CCCN(C)Cc1ccc(-c2c[nH]c(=O)c3cccc(O)c23)c2ccccc12. The van der Waals surface area contributed by atoms with Gasteiger partial charge in [0.05, 0.1) is 5.39 Å². The topological polar surface area (TPSA) is 56.3 Å². The van der Waals surface area contributed by atoms with E-state index >= 15 is 0 Å². The van der Waals surface area contributed by atoms with Crippen molar-refractivity contribution in [2.45, 2.75) is 19.9 Å². The van der Waals surface area contributed by atoms with Gasteiger partial charge in [0.1, 0.15) is 5.75 Å². The van der Waals surface area contributed by atoms with E-state index < -0.39 is 0 Å². The highest BCUT2D eigenvalue weighted by atomic mass is 16.3. The smallest absolute Gasteiger partial charge is 0.255 e. The van der Waals surface area contributed by atoms with Crippen LogP contribution in [0.3, 0.4) is 0 Å². The first-order valence-electron chi connectivity index (χ1n) is 9.63. The first-order chi connectivity index (χ1) is 13.6. The molecule has 0 atom stereocenters. The summed E-state index contributed by atoms with van der Waals surface area (Å²) >= 11 is 0. The van der Waals surface area contributed by atoms with Crippen molar-refractivity contribution in [2.24, 2.45) is 0 Å². The second kappa shape index (κ2) is 7.49. The monoisotopic (exact) mass is 372 g/mol. The minimum absolute atomic E-state index is 0.120. The molecule has 0 bridgehead atoms. The zero-order chi connectivity index (χ0) is 19.7. The van der Waals surface area contributed by atoms with Crippen LogP contribution >= 0.6 is 0 Å². The number of H-pyrrole nitrogens is 1. The number of rotatable bonds is 5. The molecule has 4 aromatic rings. The molecule has 142 valence electrons. The van der Waals surface area contributed by atoms with Crippen LogP contribution in [-0.2, 0) is 6.54 Å². The standard InChI is InChI=1S/C24H24N2O2/c1-3-13-26(2)15-16-11-12-19(18-8-5-4-7-17(16)18)21-14-25-24(28)20-9-6-10-22(27)23(20)21/h4-12,14,27H,3,13,15H2,1-2H3,(H,25,28). The molecule has 0 saturated heterocycles. The van der Waals surface area contributed by atoms with E-state index in [2.05, 4.69) is 54.2 Å². The Balaban J connectivity index is 1.96. The summed E-state index contributed by atoms with van der Waals surface area (Å²) in [5, 5.41) is 13.9. The predicted octanol–water partition coefficient (Wildman–Crippen LogP) is 4.90. The summed E-state index contributed by atoms with van der Waals surface area (Å²) in [4.78, 5) is 17.4. The summed E-state index contributed by atoms with van der Waals surface area (Å²) in [6.45, 7) is 4.12. The molecule has 0 saturated carbocycles. The fraction of sp³-hybridized carbons (Fsp3) is 0.208. The molecule has 0 aliphatic carbocycles. The van der Waals surface area contributed by atoms with E-state index in [1.807, 2.05) is 6.07 Å². The lowest BCUT2D eigenvalue weighted by Gasteiger charge is -2.18. The van der Waals surface area contributed by atoms with Crippen molar-refractivity contribution in [3.05, 3.63) is 76.7 Å². The third-order valence-corrected chi connectivity index (χ3v) is 5.25. The number of fused-ring (bicyclic) bond motifs is 2. The quantitative estimate of drug-likeness (QED) is 0.524. The summed E-state index contributed by atoms with van der Waals surface area (Å²) in [5.74, 6) is 0.120. The van der Waals surface area contributed by atoms with Crippen LogP contribution in [0.1, 0.15) is 18.9 Å². The Morgan fingerprint density at radius 1 is 0.929 bits per heavy atom. The molecule has 1 heterocycles. The zero-order valence-electron chi connectivity index (χ0n) is 16.2. The van der Waals surface area contributed by atoms with E-state index in [4.69, 9.17) is 0 Å². The molecule has 0 amide bonds. The summed E-state index contributed by atoms with van der Waals surface area (Å²) < 4.78 is 0. The Kier molecular flexibility index (Phi) is 4.88. The van der Waals surface area contributed by atoms with Gasteiger partial charge in [-0.05, 0) is 54.0 Å². The molecule has 0 fully saturated rings. The molecule has 0 unspecified atom stereocenters. The Bertz CT molecular complexity index is 1210. The van der Waals surface area contributed by atoms with Gasteiger partial charge in [-0.25, -0.2) is 0 Å². The molecule has 4 nitrogen and oxygen atoms in total. The number of nitrogens with zero attached hydrogens (tertiary/aromatic N) is 1. The lowest BCUT2D eigenvalue weighted by atomic mass is 9.93. The van der Waals surface area contributed by atoms with E-state index in [-0.39, 0.29) is 11.3 Å². The average Bonchev–Trinajstić information content (AvgIpc) is 2.70. The van der Waals surface area contributed by atoms with Crippen LogP contribution in [0, 0.1) is 0 Å². The second-order valence-corrected chi connectivity index (χ2v) is 7.29. The number of phenolic OH excluding ortho intramolecular Hbond substituents is 1. The number of phenols is 1. The molecule has 1 aromatic heterocycles. The van der Waals surface area contributed by atoms with Crippen LogP contribution in [0.25, 0.3) is 32.7 Å². The fourth-order valence-electron chi connectivity index (χ4n) is 4.00. The van der Waals surface area contributed by atoms with Crippen molar-refractivity contribution in [1.29, 1.82) is 0 Å². The van der Waals surface area contributed by atoms with Gasteiger partial charge in [-0.1, -0.05) is 49.4 Å². The van der Waals surface area contributed by atoms with Gasteiger partial charge < -0.3 is 15.0 Å². The van der Waals surface area contributed by atoms with Crippen LogP contribution in [0.5, 0.6) is 5.75 Å². The van der Waals surface area contributed by atoms with E-state index in [0.717, 1.165) is 36.0 Å². The van der Waals surface area contributed by atoms with E-state index in [9.17, 15) is 9.90 Å². The molecule has 0 aliphatic rings. The largest absolute Gasteiger partial charge is 0.507 e. The average molecular weight is 372 g/mol. The summed E-state index contributed by atoms with van der Waals surface area (Å²) in [7, 11) is 2.14. The lowest BCUT2D eigenvalue weighted by Crippen LogP contribution is -2.18. The third kappa shape index (κ3) is 3.16. The van der Waals surface area contributed by atoms with E-state index in [0.29, 0.717) is 10.8 Å². The van der Waals surface area contributed by atoms with Crippen molar-refractivity contribution < 1.29 is 5.11 Å². The van der Waals surface area contributed by atoms with Crippen LogP contribution in [-0.4, -0.2) is 28.6 Å². The van der Waals surface area contributed by atoms with Crippen molar-refractivity contribution in [2.75, 3.05) is 13.6 Å². The molecule has 0 radical (unpaired) electrons. The first-order valence-corrected chi connectivity index (χ1v) is 9.63. The van der Waals surface area contributed by atoms with Crippen LogP contribution in [0.4, 0.5) is 0 Å². The number of aromatic amines is 1. The number of benzene rings is 3. The predicted molar refractivity (Wildman–Crippen MR) is 116 cm³/mol. The third-order valence-electron chi connectivity index (χ3n) is 5.25. The highest BCUT2D eigenvalue weighted by Crippen LogP contribution is 2.37. The van der Waals surface area contributed by atoms with Crippen molar-refractivity contribution in [3.8, 4) is 16.9 Å². The van der Waals surface area contributed by atoms with E-state index in [1.54, 1.807) is 24.4 Å². The number of hydrogen-bond donors (Lipinski definition) is 2. The minimum Gasteiger partial charge on any atom is -0.507 e. The lowest BCUT2D eigenvalue weighted by molar-refractivity contribution is 0.329. The summed E-state index contributed by atoms with van der Waals surface area (Å²) in [5.41, 5.74) is 2.91. The number of aromatic hydroxyl groups is 1. The van der Waals surface area contributed by atoms with Crippen molar-refractivity contribution in [3.63, 3.8) is 0 Å². The van der Waals surface area contributed by atoms with Crippen LogP contribution < -0.4 is 5.56 Å². The van der Waals surface area contributed by atoms with E-state index in [1.165, 1.54) is 10.9 Å². The Morgan fingerprint density at radius 2 is 1.68 bits per heavy atom. The molecule has 3 aromatic carbocycles.